The van der Waals surface area contributed by atoms with Crippen LogP contribution in [-0.2, 0) is 4.74 Å². The molecule has 1 saturated heterocycles. The van der Waals surface area contributed by atoms with Crippen molar-refractivity contribution in [1.29, 1.82) is 0 Å². The molecule has 1 aliphatic heterocycles. The van der Waals surface area contributed by atoms with Crippen molar-refractivity contribution in [3.8, 4) is 11.3 Å². The molecule has 0 radical (unpaired) electrons. The van der Waals surface area contributed by atoms with E-state index in [-0.39, 0.29) is 0 Å². The van der Waals surface area contributed by atoms with E-state index in [4.69, 9.17) is 14.5 Å². The summed E-state index contributed by atoms with van der Waals surface area (Å²) < 4.78 is 10.5. The van der Waals surface area contributed by atoms with E-state index in [1.165, 1.54) is 0 Å². The normalized spacial score (nSPS) is 29.8. The fourth-order valence-corrected chi connectivity index (χ4v) is 2.19. The molecule has 0 spiro atoms. The van der Waals surface area contributed by atoms with E-state index in [9.17, 15) is 10.2 Å². The number of nitrogens with zero attached hydrogens (tertiary/aromatic N) is 1. The summed E-state index contributed by atoms with van der Waals surface area (Å²) >= 11 is 0. The average Bonchev–Trinajstić information content (AvgIpc) is 3.07. The van der Waals surface area contributed by atoms with Crippen molar-refractivity contribution in [2.45, 2.75) is 24.5 Å². The Morgan fingerprint density at radius 2 is 1.85 bits per heavy atom. The first kappa shape index (κ1) is 13.2. The fourth-order valence-electron chi connectivity index (χ4n) is 2.19. The van der Waals surface area contributed by atoms with Crippen LogP contribution in [0.1, 0.15) is 11.8 Å². The quantitative estimate of drug-likeness (QED) is 0.603. The predicted octanol–water partition coefficient (Wildman–Crippen LogP) is 0.440. The summed E-state index contributed by atoms with van der Waals surface area (Å²) in [5.74, 6) is 0.534. The molecule has 1 aromatic heterocycles. The lowest BCUT2D eigenvalue weighted by atomic mass is 10.1. The molecule has 0 aliphatic carbocycles. The smallest absolute Gasteiger partial charge is 0.167 e. The van der Waals surface area contributed by atoms with Gasteiger partial charge in [-0.1, -0.05) is 35.5 Å². The number of aromatic nitrogens is 1. The molecule has 0 amide bonds. The van der Waals surface area contributed by atoms with Crippen LogP contribution in [0.15, 0.2) is 40.9 Å². The van der Waals surface area contributed by atoms with Gasteiger partial charge in [0, 0.05) is 11.6 Å². The van der Waals surface area contributed by atoms with Crippen molar-refractivity contribution in [2.24, 2.45) is 0 Å². The van der Waals surface area contributed by atoms with Crippen molar-refractivity contribution in [1.82, 2.24) is 10.6 Å². The summed E-state index contributed by atoms with van der Waals surface area (Å²) in [5, 5.41) is 32.2. The molecule has 20 heavy (non-hydrogen) atoms. The molecule has 1 aliphatic rings. The molecular formula is C13H14N2O5. The zero-order valence-corrected chi connectivity index (χ0v) is 10.4. The maximum atomic E-state index is 9.88. The first-order valence-corrected chi connectivity index (χ1v) is 6.14. The van der Waals surface area contributed by atoms with Gasteiger partial charge in [-0.15, -0.1) is 0 Å². The average molecular weight is 278 g/mol. The Kier molecular flexibility index (Phi) is 3.51. The van der Waals surface area contributed by atoms with Crippen molar-refractivity contribution in [3.05, 3.63) is 42.1 Å². The second kappa shape index (κ2) is 5.31. The second-order valence-corrected chi connectivity index (χ2v) is 4.57. The Labute approximate surface area is 114 Å². The van der Waals surface area contributed by atoms with E-state index in [2.05, 4.69) is 5.16 Å². The van der Waals surface area contributed by atoms with E-state index >= 15 is 0 Å². The Balaban J connectivity index is 1.84. The van der Waals surface area contributed by atoms with E-state index < -0.39 is 24.5 Å². The zero-order chi connectivity index (χ0) is 14.1. The number of nitrogens with one attached hydrogen (secondary N) is 1. The molecule has 1 aromatic carbocycles. The molecule has 2 heterocycles. The van der Waals surface area contributed by atoms with Crippen molar-refractivity contribution in [2.75, 3.05) is 0 Å². The van der Waals surface area contributed by atoms with Gasteiger partial charge in [-0.05, 0) is 0 Å². The zero-order valence-electron chi connectivity index (χ0n) is 10.4. The first-order chi connectivity index (χ1) is 9.70. The summed E-state index contributed by atoms with van der Waals surface area (Å²) in [7, 11) is 0. The van der Waals surface area contributed by atoms with Gasteiger partial charge in [0.2, 0.25) is 0 Å². The van der Waals surface area contributed by atoms with Crippen LogP contribution < -0.4 is 5.48 Å². The Hall–Kier alpha value is -1.77. The number of aliphatic hydroxyl groups excluding tert-OH is 2. The number of ether oxygens (including phenoxy) is 1. The number of aliphatic hydroxyl groups is 2. The highest BCUT2D eigenvalue weighted by atomic mass is 16.6. The Morgan fingerprint density at radius 3 is 2.50 bits per heavy atom. The fraction of sp³-hybridized carbons (Fsp3) is 0.308. The molecule has 1 unspecified atom stereocenters. The third-order valence-corrected chi connectivity index (χ3v) is 3.27. The molecule has 7 nitrogen and oxygen atoms in total. The van der Waals surface area contributed by atoms with Gasteiger partial charge in [0.05, 0.1) is 0 Å². The lowest BCUT2D eigenvalue weighted by Gasteiger charge is -2.11. The van der Waals surface area contributed by atoms with E-state index in [0.29, 0.717) is 11.5 Å². The van der Waals surface area contributed by atoms with Crippen molar-refractivity contribution >= 4 is 0 Å². The number of hydrogen-bond acceptors (Lipinski definition) is 7. The molecule has 0 bridgehead atoms. The SMILES string of the molecule is ONC1O[C@H](c2cc(-c3ccccc3)on2)[C@H](O)[C@H]1O. The maximum Gasteiger partial charge on any atom is 0.167 e. The van der Waals surface area contributed by atoms with Gasteiger partial charge in [0.25, 0.3) is 0 Å². The van der Waals surface area contributed by atoms with Gasteiger partial charge in [0.15, 0.2) is 12.0 Å². The summed E-state index contributed by atoms with van der Waals surface area (Å²) in [4.78, 5) is 0. The predicted molar refractivity (Wildman–Crippen MR) is 66.5 cm³/mol. The van der Waals surface area contributed by atoms with Gasteiger partial charge < -0.3 is 24.7 Å². The van der Waals surface area contributed by atoms with Gasteiger partial charge in [0.1, 0.15) is 24.0 Å². The molecule has 2 aromatic rings. The molecule has 4 atom stereocenters. The minimum absolute atomic E-state index is 0.355. The molecule has 4 N–H and O–H groups in total. The van der Waals surface area contributed by atoms with Gasteiger partial charge in [-0.2, -0.15) is 5.48 Å². The van der Waals surface area contributed by atoms with Crippen LogP contribution in [0, 0.1) is 0 Å². The standard InChI is InChI=1S/C13H14N2O5/c16-10-11(17)13(14-18)19-12(10)8-6-9(20-15-8)7-4-2-1-3-5-7/h1-6,10-14,16-18H/t10-,11-,12-,13?/m1/s1. The third-order valence-electron chi connectivity index (χ3n) is 3.27. The second-order valence-electron chi connectivity index (χ2n) is 4.57. The summed E-state index contributed by atoms with van der Waals surface area (Å²) in [6, 6.07) is 11.0. The molecule has 0 saturated carbocycles. The van der Waals surface area contributed by atoms with Gasteiger partial charge in [-0.25, -0.2) is 0 Å². The molecule has 106 valence electrons. The van der Waals surface area contributed by atoms with Crippen LogP contribution in [0.5, 0.6) is 0 Å². The van der Waals surface area contributed by atoms with E-state index in [1.807, 2.05) is 30.3 Å². The highest BCUT2D eigenvalue weighted by Gasteiger charge is 2.44. The van der Waals surface area contributed by atoms with Crippen molar-refractivity contribution < 1.29 is 24.7 Å². The van der Waals surface area contributed by atoms with E-state index in [0.717, 1.165) is 5.56 Å². The number of hydroxylamine groups is 1. The van der Waals surface area contributed by atoms with Crippen LogP contribution >= 0.6 is 0 Å². The van der Waals surface area contributed by atoms with Crippen LogP contribution in [-0.4, -0.2) is 39.0 Å². The molecule has 1 fully saturated rings. The van der Waals surface area contributed by atoms with Crippen LogP contribution in [0.2, 0.25) is 0 Å². The lowest BCUT2D eigenvalue weighted by molar-refractivity contribution is -0.0805. The largest absolute Gasteiger partial charge is 0.387 e. The molecule has 7 heteroatoms. The monoisotopic (exact) mass is 278 g/mol. The lowest BCUT2D eigenvalue weighted by Crippen LogP contribution is -2.38. The summed E-state index contributed by atoms with van der Waals surface area (Å²) in [6.07, 6.45) is -4.38. The Bertz CT molecular complexity index is 573. The van der Waals surface area contributed by atoms with Gasteiger partial charge in [-0.3, -0.25) is 0 Å². The van der Waals surface area contributed by atoms with Crippen molar-refractivity contribution in [3.63, 3.8) is 0 Å². The topological polar surface area (TPSA) is 108 Å². The molecular weight excluding hydrogens is 264 g/mol. The Morgan fingerprint density at radius 1 is 1.10 bits per heavy atom. The first-order valence-electron chi connectivity index (χ1n) is 6.14. The van der Waals surface area contributed by atoms with E-state index in [1.54, 1.807) is 11.5 Å². The number of hydrogen-bond donors (Lipinski definition) is 4. The van der Waals surface area contributed by atoms with Crippen LogP contribution in [0.3, 0.4) is 0 Å². The number of rotatable bonds is 3. The summed E-state index contributed by atoms with van der Waals surface area (Å²) in [6.45, 7) is 0. The minimum atomic E-state index is -1.25. The third kappa shape index (κ3) is 2.21. The van der Waals surface area contributed by atoms with Crippen LogP contribution in [0.4, 0.5) is 0 Å². The maximum absolute atomic E-state index is 9.88. The minimum Gasteiger partial charge on any atom is -0.387 e. The molecule has 3 rings (SSSR count). The highest BCUT2D eigenvalue weighted by molar-refractivity contribution is 5.57. The van der Waals surface area contributed by atoms with Crippen LogP contribution in [0.25, 0.3) is 11.3 Å². The number of benzene rings is 1. The van der Waals surface area contributed by atoms with Gasteiger partial charge >= 0.3 is 0 Å². The highest BCUT2D eigenvalue weighted by Crippen LogP contribution is 2.33. The summed E-state index contributed by atoms with van der Waals surface area (Å²) in [5.41, 5.74) is 2.99.